The first-order valence-electron chi connectivity index (χ1n) is 8.49. The van der Waals surface area contributed by atoms with Crippen LogP contribution in [0.3, 0.4) is 0 Å². The molecular formula is C21H19N2OPS. The van der Waals surface area contributed by atoms with E-state index in [1.54, 1.807) is 0 Å². The molecule has 3 nitrogen and oxygen atoms in total. The largest absolute Gasteiger partial charge is 0.346 e. The molecule has 3 aromatic rings. The lowest BCUT2D eigenvalue weighted by molar-refractivity contribution is 0.574. The summed E-state index contributed by atoms with van der Waals surface area (Å²) in [6, 6.07) is 27.5. The number of aryl methyl sites for hydroxylation is 1. The number of rotatable bonds is 3. The van der Waals surface area contributed by atoms with E-state index in [4.69, 9.17) is 12.2 Å². The second-order valence-electron chi connectivity index (χ2n) is 6.37. The van der Waals surface area contributed by atoms with Gasteiger partial charge in [0.25, 0.3) is 0 Å². The molecule has 0 radical (unpaired) electrons. The summed E-state index contributed by atoms with van der Waals surface area (Å²) in [7, 11) is -3.08. The fourth-order valence-corrected chi connectivity index (χ4v) is 7.03. The molecule has 1 fully saturated rings. The highest BCUT2D eigenvalue weighted by atomic mass is 32.1. The highest BCUT2D eigenvalue weighted by Gasteiger charge is 2.49. The Morgan fingerprint density at radius 3 is 2.08 bits per heavy atom. The van der Waals surface area contributed by atoms with Crippen molar-refractivity contribution in [2.75, 3.05) is 4.67 Å². The van der Waals surface area contributed by atoms with Crippen LogP contribution in [0.2, 0.25) is 0 Å². The average molecular weight is 378 g/mol. The number of para-hydroxylation sites is 1. The lowest BCUT2D eigenvalue weighted by atomic mass is 10.1. The van der Waals surface area contributed by atoms with E-state index in [2.05, 4.69) is 5.32 Å². The Balaban J connectivity index is 1.91. The van der Waals surface area contributed by atoms with Crippen LogP contribution >= 0.6 is 19.5 Å². The summed E-state index contributed by atoms with van der Waals surface area (Å²) in [5.74, 6) is -0.377. The van der Waals surface area contributed by atoms with E-state index in [0.717, 1.165) is 16.6 Å². The van der Waals surface area contributed by atoms with Crippen LogP contribution in [0.5, 0.6) is 0 Å². The van der Waals surface area contributed by atoms with E-state index >= 15 is 0 Å². The topological polar surface area (TPSA) is 32.3 Å². The second-order valence-corrected chi connectivity index (χ2v) is 9.43. The van der Waals surface area contributed by atoms with Crippen LogP contribution in [0.4, 0.5) is 5.69 Å². The van der Waals surface area contributed by atoms with Gasteiger partial charge in [0.05, 0.1) is 5.69 Å². The maximum atomic E-state index is 14.5. The van der Waals surface area contributed by atoms with Crippen molar-refractivity contribution in [2.24, 2.45) is 0 Å². The third-order valence-corrected chi connectivity index (χ3v) is 8.25. The molecular weight excluding hydrogens is 359 g/mol. The summed E-state index contributed by atoms with van der Waals surface area (Å²) in [6.45, 7) is 2.05. The van der Waals surface area contributed by atoms with Gasteiger partial charge in [-0.05, 0) is 49.0 Å². The lowest BCUT2D eigenvalue weighted by Crippen LogP contribution is -2.27. The van der Waals surface area contributed by atoms with Crippen LogP contribution in [0.25, 0.3) is 0 Å². The Hall–Kier alpha value is -2.42. The second kappa shape index (κ2) is 6.71. The fraction of sp³-hybridized carbons (Fsp3) is 0.0952. The van der Waals surface area contributed by atoms with E-state index in [1.165, 1.54) is 5.56 Å². The van der Waals surface area contributed by atoms with E-state index in [9.17, 15) is 4.57 Å². The van der Waals surface area contributed by atoms with Gasteiger partial charge in [0.15, 0.2) is 5.11 Å². The molecule has 1 N–H and O–H groups in total. The summed E-state index contributed by atoms with van der Waals surface area (Å²) in [5, 5.41) is 4.61. The molecule has 0 spiro atoms. The minimum atomic E-state index is -3.08. The normalized spacial score (nSPS) is 22.3. The van der Waals surface area contributed by atoms with Crippen LogP contribution in [0.15, 0.2) is 84.9 Å². The molecule has 130 valence electrons. The summed E-state index contributed by atoms with van der Waals surface area (Å²) < 4.78 is 16.4. The highest BCUT2D eigenvalue weighted by molar-refractivity contribution is 7.84. The van der Waals surface area contributed by atoms with Crippen molar-refractivity contribution >= 4 is 35.6 Å². The van der Waals surface area contributed by atoms with Crippen LogP contribution in [0.1, 0.15) is 16.9 Å². The molecule has 1 saturated heterocycles. The van der Waals surface area contributed by atoms with E-state index in [-0.39, 0.29) is 5.78 Å². The minimum absolute atomic E-state index is 0.377. The summed E-state index contributed by atoms with van der Waals surface area (Å²) in [6.07, 6.45) is 0. The third kappa shape index (κ3) is 2.76. The first-order valence-corrected chi connectivity index (χ1v) is 10.6. The Morgan fingerprint density at radius 2 is 1.46 bits per heavy atom. The Kier molecular flexibility index (Phi) is 4.39. The molecule has 4 rings (SSSR count). The zero-order valence-electron chi connectivity index (χ0n) is 14.4. The SMILES string of the molecule is Cc1ccc(C2NC(=S)N(c3ccccc3)P2(=O)c2ccccc2)cc1. The molecule has 0 saturated carbocycles. The number of benzene rings is 3. The number of hydrogen-bond donors (Lipinski definition) is 1. The van der Waals surface area contributed by atoms with Crippen molar-refractivity contribution < 1.29 is 4.57 Å². The van der Waals surface area contributed by atoms with E-state index < -0.39 is 7.29 Å². The molecule has 2 atom stereocenters. The van der Waals surface area contributed by atoms with Crippen LogP contribution < -0.4 is 15.3 Å². The van der Waals surface area contributed by atoms with E-state index in [0.29, 0.717) is 5.11 Å². The molecule has 0 amide bonds. The smallest absolute Gasteiger partial charge is 0.232 e. The molecule has 5 heteroatoms. The maximum absolute atomic E-state index is 14.5. The summed E-state index contributed by atoms with van der Waals surface area (Å²) in [4.78, 5) is 0. The lowest BCUT2D eigenvalue weighted by Gasteiger charge is -2.28. The number of nitrogens with zero attached hydrogens (tertiary/aromatic N) is 1. The Morgan fingerprint density at radius 1 is 0.885 bits per heavy atom. The van der Waals surface area contributed by atoms with Gasteiger partial charge in [-0.1, -0.05) is 66.2 Å². The molecule has 3 aromatic carbocycles. The van der Waals surface area contributed by atoms with Gasteiger partial charge >= 0.3 is 0 Å². The highest BCUT2D eigenvalue weighted by Crippen LogP contribution is 2.64. The van der Waals surface area contributed by atoms with Crippen molar-refractivity contribution in [2.45, 2.75) is 12.7 Å². The van der Waals surface area contributed by atoms with Crippen LogP contribution in [-0.4, -0.2) is 5.11 Å². The molecule has 2 unspecified atom stereocenters. The molecule has 0 aliphatic carbocycles. The zero-order chi connectivity index (χ0) is 18.1. The first-order chi connectivity index (χ1) is 12.6. The number of thiocarbonyl (C=S) groups is 1. The zero-order valence-corrected chi connectivity index (χ0v) is 16.1. The van der Waals surface area contributed by atoms with Crippen LogP contribution in [0, 0.1) is 6.92 Å². The Labute approximate surface area is 159 Å². The predicted molar refractivity (Wildman–Crippen MR) is 112 cm³/mol. The van der Waals surface area contributed by atoms with Gasteiger partial charge in [0.1, 0.15) is 5.78 Å². The van der Waals surface area contributed by atoms with Crippen molar-refractivity contribution in [3.05, 3.63) is 96.1 Å². The quantitative estimate of drug-likeness (QED) is 0.514. The minimum Gasteiger partial charge on any atom is -0.346 e. The number of hydrogen-bond acceptors (Lipinski definition) is 2. The monoisotopic (exact) mass is 378 g/mol. The van der Waals surface area contributed by atoms with Gasteiger partial charge in [-0.3, -0.25) is 9.24 Å². The first kappa shape index (κ1) is 17.0. The number of anilines is 1. The summed E-state index contributed by atoms with van der Waals surface area (Å²) in [5.41, 5.74) is 2.99. The van der Waals surface area contributed by atoms with Crippen molar-refractivity contribution in [3.63, 3.8) is 0 Å². The van der Waals surface area contributed by atoms with Gasteiger partial charge in [0, 0.05) is 5.30 Å². The van der Waals surface area contributed by atoms with Crippen molar-refractivity contribution in [1.29, 1.82) is 0 Å². The van der Waals surface area contributed by atoms with Gasteiger partial charge in [-0.2, -0.15) is 0 Å². The predicted octanol–water partition coefficient (Wildman–Crippen LogP) is 4.99. The van der Waals surface area contributed by atoms with Gasteiger partial charge in [-0.15, -0.1) is 0 Å². The third-order valence-electron chi connectivity index (χ3n) is 4.62. The molecule has 1 heterocycles. The molecule has 0 aromatic heterocycles. The average Bonchev–Trinajstić information content (AvgIpc) is 2.95. The molecule has 1 aliphatic rings. The molecule has 0 bridgehead atoms. The maximum Gasteiger partial charge on any atom is 0.232 e. The van der Waals surface area contributed by atoms with Gasteiger partial charge in [0.2, 0.25) is 7.29 Å². The molecule has 1 aliphatic heterocycles. The van der Waals surface area contributed by atoms with Crippen molar-refractivity contribution in [3.8, 4) is 0 Å². The molecule has 26 heavy (non-hydrogen) atoms. The Bertz CT molecular complexity index is 974. The summed E-state index contributed by atoms with van der Waals surface area (Å²) >= 11 is 5.62. The standard InChI is InChI=1S/C21H19N2OPS/c1-16-12-14-17(15-13-16)20-22-21(26)23(18-8-4-2-5-9-18)25(20,24)19-10-6-3-7-11-19/h2-15,20H,1H3,(H,22,26). The van der Waals surface area contributed by atoms with Gasteiger partial charge < -0.3 is 5.32 Å². The van der Waals surface area contributed by atoms with Crippen LogP contribution in [-0.2, 0) is 4.57 Å². The van der Waals surface area contributed by atoms with Gasteiger partial charge in [-0.25, -0.2) is 0 Å². The fourth-order valence-electron chi connectivity index (χ4n) is 3.31. The number of nitrogens with one attached hydrogen (secondary N) is 1. The van der Waals surface area contributed by atoms with Crippen molar-refractivity contribution in [1.82, 2.24) is 5.32 Å². The van der Waals surface area contributed by atoms with E-state index in [1.807, 2.05) is 96.5 Å².